The summed E-state index contributed by atoms with van der Waals surface area (Å²) < 4.78 is 5.58. The number of carbonyl (C=O) groups is 1. The van der Waals surface area contributed by atoms with Crippen LogP contribution in [0.25, 0.3) is 11.5 Å². The molecule has 1 aromatic heterocycles. The number of piperidine rings is 1. The Hall–Kier alpha value is -2.14. The van der Waals surface area contributed by atoms with Crippen molar-refractivity contribution >= 4 is 5.91 Å². The van der Waals surface area contributed by atoms with E-state index in [1.165, 1.54) is 0 Å². The second-order valence-corrected chi connectivity index (χ2v) is 6.29. The van der Waals surface area contributed by atoms with Crippen LogP contribution in [0.5, 0.6) is 0 Å². The third kappa shape index (κ3) is 3.79. The number of likely N-dealkylation sites (tertiary alicyclic amines) is 1. The Bertz CT molecular complexity index is 643. The summed E-state index contributed by atoms with van der Waals surface area (Å²) in [5.41, 5.74) is 1.94. The van der Waals surface area contributed by atoms with E-state index < -0.39 is 0 Å². The van der Waals surface area contributed by atoms with Crippen molar-refractivity contribution in [1.29, 1.82) is 0 Å². The first kappa shape index (κ1) is 15.7. The first-order valence-corrected chi connectivity index (χ1v) is 8.07. The minimum absolute atomic E-state index is 0.165. The number of carbonyl (C=O) groups excluding carboxylic acids is 1. The van der Waals surface area contributed by atoms with Crippen molar-refractivity contribution < 1.29 is 9.21 Å². The van der Waals surface area contributed by atoms with Gasteiger partial charge in [-0.05, 0) is 38.1 Å². The molecule has 1 saturated heterocycles. The van der Waals surface area contributed by atoms with Crippen molar-refractivity contribution in [3.63, 3.8) is 0 Å². The van der Waals surface area contributed by atoms with E-state index in [-0.39, 0.29) is 11.8 Å². The average Bonchev–Trinajstić information content (AvgIpc) is 3.04. The van der Waals surface area contributed by atoms with Gasteiger partial charge in [0.1, 0.15) is 6.26 Å². The summed E-state index contributed by atoms with van der Waals surface area (Å²) in [5.74, 6) is 1.08. The summed E-state index contributed by atoms with van der Waals surface area (Å²) in [6, 6.07) is 9.92. The van der Waals surface area contributed by atoms with Gasteiger partial charge in [-0.15, -0.1) is 0 Å². The van der Waals surface area contributed by atoms with Gasteiger partial charge in [-0.1, -0.05) is 18.2 Å². The second-order valence-electron chi connectivity index (χ2n) is 6.29. The maximum absolute atomic E-state index is 12.0. The van der Waals surface area contributed by atoms with E-state index in [0.29, 0.717) is 5.89 Å². The zero-order valence-corrected chi connectivity index (χ0v) is 13.7. The van der Waals surface area contributed by atoms with Crippen molar-refractivity contribution in [3.8, 4) is 11.5 Å². The molecule has 2 aromatic rings. The number of amides is 1. The van der Waals surface area contributed by atoms with E-state index in [9.17, 15) is 4.79 Å². The zero-order chi connectivity index (χ0) is 16.2. The number of benzene rings is 1. The lowest BCUT2D eigenvalue weighted by Gasteiger charge is -2.31. The van der Waals surface area contributed by atoms with Crippen LogP contribution in [0.2, 0.25) is 0 Å². The van der Waals surface area contributed by atoms with Crippen LogP contribution < -0.4 is 0 Å². The van der Waals surface area contributed by atoms with Crippen LogP contribution in [0.1, 0.15) is 18.5 Å². The molecule has 122 valence electrons. The molecule has 1 aliphatic heterocycles. The van der Waals surface area contributed by atoms with Crippen LogP contribution in [-0.2, 0) is 11.3 Å². The summed E-state index contributed by atoms with van der Waals surface area (Å²) >= 11 is 0. The number of hydrogen-bond acceptors (Lipinski definition) is 4. The van der Waals surface area contributed by atoms with Crippen molar-refractivity contribution in [2.75, 3.05) is 27.2 Å². The molecule has 1 fully saturated rings. The molecule has 2 heterocycles. The lowest BCUT2D eigenvalue weighted by molar-refractivity contribution is -0.134. The third-order valence-electron chi connectivity index (χ3n) is 4.34. The first-order chi connectivity index (χ1) is 11.1. The standard InChI is InChI=1S/C18H23N3O2/c1-20(2)18(22)15-8-10-21(11-9-15)12-16-13-23-17(19-16)14-6-4-3-5-7-14/h3-7,13,15H,8-12H2,1-2H3. The fourth-order valence-electron chi connectivity index (χ4n) is 3.03. The van der Waals surface area contributed by atoms with Gasteiger partial charge >= 0.3 is 0 Å². The van der Waals surface area contributed by atoms with E-state index in [1.54, 1.807) is 11.2 Å². The van der Waals surface area contributed by atoms with Crippen LogP contribution in [0.15, 0.2) is 41.0 Å². The highest BCUT2D eigenvalue weighted by molar-refractivity contribution is 5.78. The molecule has 0 spiro atoms. The molecule has 5 nitrogen and oxygen atoms in total. The molecule has 3 rings (SSSR count). The van der Waals surface area contributed by atoms with Gasteiger partial charge in [0.05, 0.1) is 5.69 Å². The van der Waals surface area contributed by atoms with Crippen LogP contribution in [-0.4, -0.2) is 47.9 Å². The van der Waals surface area contributed by atoms with Gasteiger partial charge in [0.25, 0.3) is 0 Å². The normalized spacial score (nSPS) is 16.4. The van der Waals surface area contributed by atoms with Crippen molar-refractivity contribution in [2.45, 2.75) is 19.4 Å². The van der Waals surface area contributed by atoms with E-state index in [1.807, 2.05) is 44.4 Å². The molecular weight excluding hydrogens is 290 g/mol. The molecule has 1 aromatic carbocycles. The Balaban J connectivity index is 1.55. The van der Waals surface area contributed by atoms with Gasteiger partial charge in [-0.25, -0.2) is 4.98 Å². The highest BCUT2D eigenvalue weighted by Crippen LogP contribution is 2.22. The second kappa shape index (κ2) is 6.96. The molecule has 23 heavy (non-hydrogen) atoms. The van der Waals surface area contributed by atoms with Crippen LogP contribution >= 0.6 is 0 Å². The third-order valence-corrected chi connectivity index (χ3v) is 4.34. The smallest absolute Gasteiger partial charge is 0.226 e. The van der Waals surface area contributed by atoms with E-state index in [2.05, 4.69) is 9.88 Å². The number of nitrogens with zero attached hydrogens (tertiary/aromatic N) is 3. The summed E-state index contributed by atoms with van der Waals surface area (Å²) in [6.07, 6.45) is 3.57. The molecule has 0 saturated carbocycles. The topological polar surface area (TPSA) is 49.6 Å². The number of hydrogen-bond donors (Lipinski definition) is 0. The molecule has 1 aliphatic rings. The Labute approximate surface area is 136 Å². The SMILES string of the molecule is CN(C)C(=O)C1CCN(Cc2coc(-c3ccccc3)n2)CC1. The lowest BCUT2D eigenvalue weighted by Crippen LogP contribution is -2.39. The summed E-state index contributed by atoms with van der Waals surface area (Å²) in [7, 11) is 3.66. The van der Waals surface area contributed by atoms with E-state index in [4.69, 9.17) is 4.42 Å². The number of aromatic nitrogens is 1. The monoisotopic (exact) mass is 313 g/mol. The Morgan fingerprint density at radius 2 is 1.96 bits per heavy atom. The maximum Gasteiger partial charge on any atom is 0.226 e. The fourth-order valence-corrected chi connectivity index (χ4v) is 3.03. The van der Waals surface area contributed by atoms with E-state index >= 15 is 0 Å². The molecule has 0 N–H and O–H groups in total. The van der Waals surface area contributed by atoms with Crippen LogP contribution in [0, 0.1) is 5.92 Å². The van der Waals surface area contributed by atoms with Crippen molar-refractivity contribution in [3.05, 3.63) is 42.3 Å². The van der Waals surface area contributed by atoms with Crippen LogP contribution in [0.4, 0.5) is 0 Å². The average molecular weight is 313 g/mol. The fraction of sp³-hybridized carbons (Fsp3) is 0.444. The van der Waals surface area contributed by atoms with Gasteiger partial charge in [-0.3, -0.25) is 9.69 Å². The largest absolute Gasteiger partial charge is 0.444 e. The minimum Gasteiger partial charge on any atom is -0.444 e. The Morgan fingerprint density at radius 1 is 1.26 bits per heavy atom. The first-order valence-electron chi connectivity index (χ1n) is 8.07. The Kier molecular flexibility index (Phi) is 4.76. The van der Waals surface area contributed by atoms with Gasteiger partial charge in [0.15, 0.2) is 0 Å². The molecular formula is C18H23N3O2. The predicted octanol–water partition coefficient (Wildman–Crippen LogP) is 2.64. The molecule has 0 unspecified atom stereocenters. The van der Waals surface area contributed by atoms with Gasteiger partial charge in [0, 0.05) is 32.1 Å². The molecule has 0 bridgehead atoms. The maximum atomic E-state index is 12.0. The summed E-state index contributed by atoms with van der Waals surface area (Å²) in [4.78, 5) is 20.6. The Morgan fingerprint density at radius 3 is 2.61 bits per heavy atom. The number of rotatable bonds is 4. The van der Waals surface area contributed by atoms with Crippen molar-refractivity contribution in [2.24, 2.45) is 5.92 Å². The van der Waals surface area contributed by atoms with Crippen molar-refractivity contribution in [1.82, 2.24) is 14.8 Å². The van der Waals surface area contributed by atoms with Gasteiger partial charge in [0.2, 0.25) is 11.8 Å². The zero-order valence-electron chi connectivity index (χ0n) is 13.7. The quantitative estimate of drug-likeness (QED) is 0.871. The molecule has 0 aliphatic carbocycles. The number of oxazole rings is 1. The summed E-state index contributed by atoms with van der Waals surface area (Å²) in [5, 5.41) is 0. The van der Waals surface area contributed by atoms with Gasteiger partial charge < -0.3 is 9.32 Å². The highest BCUT2D eigenvalue weighted by atomic mass is 16.3. The van der Waals surface area contributed by atoms with E-state index in [0.717, 1.165) is 43.7 Å². The molecule has 5 heteroatoms. The van der Waals surface area contributed by atoms with Crippen LogP contribution in [0.3, 0.4) is 0 Å². The molecule has 0 atom stereocenters. The lowest BCUT2D eigenvalue weighted by atomic mass is 9.95. The van der Waals surface area contributed by atoms with Gasteiger partial charge in [-0.2, -0.15) is 0 Å². The molecule has 0 radical (unpaired) electrons. The predicted molar refractivity (Wildman–Crippen MR) is 88.6 cm³/mol. The summed E-state index contributed by atoms with van der Waals surface area (Å²) in [6.45, 7) is 2.63. The molecule has 1 amide bonds. The highest BCUT2D eigenvalue weighted by Gasteiger charge is 2.26. The minimum atomic E-state index is 0.165.